The molecule has 4 aromatic rings. The van der Waals surface area contributed by atoms with Crippen LogP contribution < -0.4 is 10.3 Å². The van der Waals surface area contributed by atoms with Crippen LogP contribution >= 0.6 is 0 Å². The molecule has 0 radical (unpaired) electrons. The van der Waals surface area contributed by atoms with Crippen LogP contribution in [0.5, 0.6) is 5.75 Å². The fraction of sp³-hybridized carbons (Fsp3) is 0.0435. The Balaban J connectivity index is 2.11. The molecule has 0 aliphatic rings. The molecule has 4 nitrogen and oxygen atoms in total. The predicted molar refractivity (Wildman–Crippen MR) is 108 cm³/mol. The fourth-order valence-corrected chi connectivity index (χ4v) is 3.27. The van der Waals surface area contributed by atoms with Crippen molar-refractivity contribution < 1.29 is 4.74 Å². The van der Waals surface area contributed by atoms with E-state index in [1.165, 1.54) is 0 Å². The number of hydrogen-bond donors (Lipinski definition) is 1. The van der Waals surface area contributed by atoms with E-state index in [4.69, 9.17) is 4.74 Å². The first-order chi connectivity index (χ1) is 13.3. The molecule has 4 rings (SSSR count). The lowest BCUT2D eigenvalue weighted by atomic mass is 9.90. The molecular formula is C23H18N2O2. The maximum absolute atomic E-state index is 12.9. The van der Waals surface area contributed by atoms with Gasteiger partial charge in [0.25, 0.3) is 5.56 Å². The second kappa shape index (κ2) is 7.30. The van der Waals surface area contributed by atoms with E-state index in [-0.39, 0.29) is 5.56 Å². The minimum absolute atomic E-state index is 0.168. The van der Waals surface area contributed by atoms with Crippen molar-refractivity contribution in [2.24, 2.45) is 0 Å². The number of methoxy groups -OCH3 is 1. The minimum Gasteiger partial charge on any atom is -0.496 e. The van der Waals surface area contributed by atoms with E-state index in [1.54, 1.807) is 19.5 Å². The van der Waals surface area contributed by atoms with Crippen molar-refractivity contribution in [3.05, 3.63) is 95.5 Å². The first-order valence-electron chi connectivity index (χ1n) is 8.65. The Labute approximate surface area is 157 Å². The van der Waals surface area contributed by atoms with Gasteiger partial charge in [-0.2, -0.15) is 0 Å². The van der Waals surface area contributed by atoms with Crippen LogP contribution in [-0.2, 0) is 0 Å². The van der Waals surface area contributed by atoms with E-state index in [0.717, 1.165) is 27.9 Å². The number of nitrogens with one attached hydrogen (secondary N) is 1. The van der Waals surface area contributed by atoms with Crippen molar-refractivity contribution in [3.8, 4) is 39.3 Å². The number of pyridine rings is 2. The number of nitrogens with zero attached hydrogens (tertiary/aromatic N) is 1. The van der Waals surface area contributed by atoms with Crippen molar-refractivity contribution in [3.63, 3.8) is 0 Å². The number of para-hydroxylation sites is 1. The lowest BCUT2D eigenvalue weighted by Crippen LogP contribution is -2.12. The number of rotatable bonds is 4. The summed E-state index contributed by atoms with van der Waals surface area (Å²) in [6.07, 6.45) is 3.48. The molecule has 0 aliphatic heterocycles. The molecule has 2 heterocycles. The molecule has 0 aliphatic carbocycles. The van der Waals surface area contributed by atoms with E-state index < -0.39 is 0 Å². The maximum Gasteiger partial charge on any atom is 0.256 e. The van der Waals surface area contributed by atoms with Crippen LogP contribution in [-0.4, -0.2) is 17.1 Å². The zero-order valence-electron chi connectivity index (χ0n) is 14.8. The largest absolute Gasteiger partial charge is 0.496 e. The van der Waals surface area contributed by atoms with Gasteiger partial charge < -0.3 is 9.72 Å². The quantitative estimate of drug-likeness (QED) is 0.574. The lowest BCUT2D eigenvalue weighted by Gasteiger charge is -2.16. The van der Waals surface area contributed by atoms with Gasteiger partial charge in [0.1, 0.15) is 5.75 Å². The standard InChI is InChI=1S/C23H18N2O2/c1-27-20-13-6-5-11-17(20)22-21(16-9-3-2-4-10-16)18(15-25-23(22)26)19-12-7-8-14-24-19/h2-15H,1H3,(H,25,26). The highest BCUT2D eigenvalue weighted by Gasteiger charge is 2.20. The van der Waals surface area contributed by atoms with Crippen LogP contribution in [0.25, 0.3) is 33.5 Å². The van der Waals surface area contributed by atoms with Gasteiger partial charge in [-0.15, -0.1) is 0 Å². The highest BCUT2D eigenvalue weighted by Crippen LogP contribution is 2.39. The summed E-state index contributed by atoms with van der Waals surface area (Å²) in [5.41, 5.74) is 4.59. The smallest absolute Gasteiger partial charge is 0.256 e. The molecule has 0 spiro atoms. The molecular weight excluding hydrogens is 336 g/mol. The molecule has 2 aromatic carbocycles. The summed E-state index contributed by atoms with van der Waals surface area (Å²) < 4.78 is 5.52. The molecule has 0 unspecified atom stereocenters. The molecule has 2 aromatic heterocycles. The summed E-state index contributed by atoms with van der Waals surface area (Å²) in [7, 11) is 1.61. The van der Waals surface area contributed by atoms with Gasteiger partial charge >= 0.3 is 0 Å². The third kappa shape index (κ3) is 3.13. The Morgan fingerprint density at radius 3 is 2.30 bits per heavy atom. The van der Waals surface area contributed by atoms with Gasteiger partial charge in [-0.05, 0) is 23.8 Å². The Morgan fingerprint density at radius 2 is 1.56 bits per heavy atom. The third-order valence-corrected chi connectivity index (χ3v) is 4.47. The number of benzene rings is 2. The van der Waals surface area contributed by atoms with Crippen LogP contribution in [0, 0.1) is 0 Å². The van der Waals surface area contributed by atoms with E-state index >= 15 is 0 Å². The number of H-pyrrole nitrogens is 1. The van der Waals surface area contributed by atoms with Gasteiger partial charge in [0, 0.05) is 29.1 Å². The Bertz CT molecular complexity index is 1120. The van der Waals surface area contributed by atoms with Crippen LogP contribution in [0.2, 0.25) is 0 Å². The number of ether oxygens (including phenoxy) is 1. The second-order valence-corrected chi connectivity index (χ2v) is 6.06. The highest BCUT2D eigenvalue weighted by molar-refractivity contribution is 5.94. The molecule has 0 bridgehead atoms. The van der Waals surface area contributed by atoms with Gasteiger partial charge in [-0.3, -0.25) is 9.78 Å². The number of aromatic amines is 1. The highest BCUT2D eigenvalue weighted by atomic mass is 16.5. The zero-order chi connectivity index (χ0) is 18.6. The third-order valence-electron chi connectivity index (χ3n) is 4.47. The van der Waals surface area contributed by atoms with Crippen molar-refractivity contribution in [2.75, 3.05) is 7.11 Å². The molecule has 4 heteroatoms. The van der Waals surface area contributed by atoms with Crippen molar-refractivity contribution in [1.29, 1.82) is 0 Å². The van der Waals surface area contributed by atoms with Crippen molar-refractivity contribution in [2.45, 2.75) is 0 Å². The molecule has 0 saturated heterocycles. The van der Waals surface area contributed by atoms with Crippen LogP contribution in [0.15, 0.2) is 90.0 Å². The number of aromatic nitrogens is 2. The predicted octanol–water partition coefficient (Wildman–Crippen LogP) is 4.78. The summed E-state index contributed by atoms with van der Waals surface area (Å²) in [6.45, 7) is 0. The second-order valence-electron chi connectivity index (χ2n) is 6.06. The average Bonchev–Trinajstić information content (AvgIpc) is 2.74. The SMILES string of the molecule is COc1ccccc1-c1c(-c2ccccc2)c(-c2ccccn2)c[nH]c1=O. The number of hydrogen-bond acceptors (Lipinski definition) is 3. The van der Waals surface area contributed by atoms with E-state index in [0.29, 0.717) is 11.3 Å². The monoisotopic (exact) mass is 354 g/mol. The van der Waals surface area contributed by atoms with Crippen LogP contribution in [0.3, 0.4) is 0 Å². The molecule has 0 atom stereocenters. The average molecular weight is 354 g/mol. The lowest BCUT2D eigenvalue weighted by molar-refractivity contribution is 0.416. The topological polar surface area (TPSA) is 55.0 Å². The van der Waals surface area contributed by atoms with Gasteiger partial charge in [-0.25, -0.2) is 0 Å². The van der Waals surface area contributed by atoms with Crippen molar-refractivity contribution >= 4 is 0 Å². The molecule has 0 saturated carbocycles. The normalized spacial score (nSPS) is 10.6. The van der Waals surface area contributed by atoms with Crippen LogP contribution in [0.4, 0.5) is 0 Å². The first-order valence-corrected chi connectivity index (χ1v) is 8.65. The molecule has 1 N–H and O–H groups in total. The summed E-state index contributed by atoms with van der Waals surface area (Å²) in [6, 6.07) is 23.2. The summed E-state index contributed by atoms with van der Waals surface area (Å²) in [4.78, 5) is 20.3. The summed E-state index contributed by atoms with van der Waals surface area (Å²) >= 11 is 0. The van der Waals surface area contributed by atoms with E-state index in [9.17, 15) is 4.79 Å². The van der Waals surface area contributed by atoms with Crippen molar-refractivity contribution in [1.82, 2.24) is 9.97 Å². The minimum atomic E-state index is -0.168. The summed E-state index contributed by atoms with van der Waals surface area (Å²) in [5, 5.41) is 0. The van der Waals surface area contributed by atoms with Gasteiger partial charge in [0.05, 0.1) is 18.4 Å². The Kier molecular flexibility index (Phi) is 4.54. The molecule has 0 fully saturated rings. The Hall–Kier alpha value is -3.66. The van der Waals surface area contributed by atoms with Gasteiger partial charge in [-0.1, -0.05) is 54.6 Å². The van der Waals surface area contributed by atoms with E-state index in [1.807, 2.05) is 72.8 Å². The van der Waals surface area contributed by atoms with Crippen LogP contribution in [0.1, 0.15) is 0 Å². The van der Waals surface area contributed by atoms with Gasteiger partial charge in [0.2, 0.25) is 0 Å². The summed E-state index contributed by atoms with van der Waals surface area (Å²) in [5.74, 6) is 0.651. The maximum atomic E-state index is 12.9. The zero-order valence-corrected chi connectivity index (χ0v) is 14.8. The molecule has 0 amide bonds. The Morgan fingerprint density at radius 1 is 0.815 bits per heavy atom. The first kappa shape index (κ1) is 16.8. The van der Waals surface area contributed by atoms with Gasteiger partial charge in [0.15, 0.2) is 0 Å². The fourth-order valence-electron chi connectivity index (χ4n) is 3.27. The van der Waals surface area contributed by atoms with E-state index in [2.05, 4.69) is 9.97 Å². The molecule has 27 heavy (non-hydrogen) atoms. The molecule has 132 valence electrons.